The third-order valence-corrected chi connectivity index (χ3v) is 2.14. The van der Waals surface area contributed by atoms with Crippen LogP contribution in [0.4, 0.5) is 8.78 Å². The highest BCUT2D eigenvalue weighted by Crippen LogP contribution is 2.11. The second kappa shape index (κ2) is 5.58. The van der Waals surface area contributed by atoms with Crippen molar-refractivity contribution in [3.8, 4) is 5.75 Å². The Morgan fingerprint density at radius 1 is 1.35 bits per heavy atom. The van der Waals surface area contributed by atoms with Crippen LogP contribution in [0.25, 0.3) is 0 Å². The molecule has 0 atom stereocenters. The molecule has 1 aromatic carbocycles. The molecule has 1 rings (SSSR count). The number of nitrogens with one attached hydrogen (secondary N) is 1. The second-order valence-electron chi connectivity index (χ2n) is 3.68. The zero-order valence-electron chi connectivity index (χ0n) is 9.12. The van der Waals surface area contributed by atoms with Gasteiger partial charge in [-0.3, -0.25) is 4.79 Å². The Morgan fingerprint density at radius 2 is 1.94 bits per heavy atom. The summed E-state index contributed by atoms with van der Waals surface area (Å²) in [6.45, 7) is -1.56. The van der Waals surface area contributed by atoms with Crippen molar-refractivity contribution in [2.24, 2.45) is 5.73 Å². The Balaban J connectivity index is 2.42. The van der Waals surface area contributed by atoms with E-state index in [9.17, 15) is 13.6 Å². The summed E-state index contributed by atoms with van der Waals surface area (Å²) in [6, 6.07) is 5.96. The minimum absolute atomic E-state index is 0.0130. The van der Waals surface area contributed by atoms with Gasteiger partial charge in [0.05, 0.1) is 19.5 Å². The van der Waals surface area contributed by atoms with Gasteiger partial charge in [0, 0.05) is 0 Å². The van der Waals surface area contributed by atoms with Gasteiger partial charge in [-0.1, -0.05) is 12.1 Å². The standard InChI is InChI=1S/C11H14F2N2O2/c12-11(13,6-14)7-15-10(17)5-8-1-3-9(16)4-2-8/h1-4,16H,5-7,14H2,(H,15,17). The maximum atomic E-state index is 12.7. The summed E-state index contributed by atoms with van der Waals surface area (Å²) in [5.41, 5.74) is 5.47. The Bertz CT molecular complexity index is 380. The van der Waals surface area contributed by atoms with E-state index in [0.717, 1.165) is 0 Å². The second-order valence-corrected chi connectivity index (χ2v) is 3.68. The zero-order chi connectivity index (χ0) is 12.9. The zero-order valence-corrected chi connectivity index (χ0v) is 9.12. The van der Waals surface area contributed by atoms with Gasteiger partial charge in [0.15, 0.2) is 0 Å². The highest BCUT2D eigenvalue weighted by Gasteiger charge is 2.26. The largest absolute Gasteiger partial charge is 0.508 e. The lowest BCUT2D eigenvalue weighted by Gasteiger charge is -2.14. The predicted octanol–water partition coefficient (Wildman–Crippen LogP) is 0.645. The summed E-state index contributed by atoms with van der Waals surface area (Å²) < 4.78 is 25.5. The molecule has 4 N–H and O–H groups in total. The fourth-order valence-electron chi connectivity index (χ4n) is 1.16. The van der Waals surface area contributed by atoms with Crippen LogP contribution in [0.15, 0.2) is 24.3 Å². The summed E-state index contributed by atoms with van der Waals surface area (Å²) in [5.74, 6) is -3.50. The lowest BCUT2D eigenvalue weighted by Crippen LogP contribution is -2.42. The van der Waals surface area contributed by atoms with Gasteiger partial charge in [-0.15, -0.1) is 0 Å². The SMILES string of the molecule is NCC(F)(F)CNC(=O)Cc1ccc(O)cc1. The van der Waals surface area contributed by atoms with E-state index in [2.05, 4.69) is 5.32 Å². The highest BCUT2D eigenvalue weighted by atomic mass is 19.3. The number of phenolic OH excluding ortho intramolecular Hbond substituents is 1. The number of hydrogen-bond acceptors (Lipinski definition) is 3. The molecule has 0 unspecified atom stereocenters. The van der Waals surface area contributed by atoms with E-state index in [4.69, 9.17) is 10.8 Å². The quantitative estimate of drug-likeness (QED) is 0.711. The average molecular weight is 244 g/mol. The molecule has 0 radical (unpaired) electrons. The molecule has 0 saturated heterocycles. The van der Waals surface area contributed by atoms with Crippen LogP contribution in [0.1, 0.15) is 5.56 Å². The molecule has 4 nitrogen and oxygen atoms in total. The Morgan fingerprint density at radius 3 is 2.47 bits per heavy atom. The smallest absolute Gasteiger partial charge is 0.277 e. The van der Waals surface area contributed by atoms with Crippen molar-refractivity contribution in [1.82, 2.24) is 5.32 Å². The number of alkyl halides is 2. The molecule has 0 aliphatic rings. The molecule has 0 bridgehead atoms. The van der Waals surface area contributed by atoms with Crippen LogP contribution in [-0.2, 0) is 11.2 Å². The fourth-order valence-corrected chi connectivity index (χ4v) is 1.16. The van der Waals surface area contributed by atoms with E-state index in [-0.39, 0.29) is 12.2 Å². The summed E-state index contributed by atoms with van der Waals surface area (Å²) in [4.78, 5) is 11.3. The fraction of sp³-hybridized carbons (Fsp3) is 0.364. The Labute approximate surface area is 97.4 Å². The van der Waals surface area contributed by atoms with E-state index < -0.39 is 24.9 Å². The molecular weight excluding hydrogens is 230 g/mol. The molecule has 0 saturated carbocycles. The number of hydrogen-bond donors (Lipinski definition) is 3. The lowest BCUT2D eigenvalue weighted by molar-refractivity contribution is -0.122. The molecule has 0 aliphatic carbocycles. The average Bonchev–Trinajstić information content (AvgIpc) is 2.30. The molecule has 17 heavy (non-hydrogen) atoms. The van der Waals surface area contributed by atoms with Crippen LogP contribution in [0.3, 0.4) is 0 Å². The molecule has 0 spiro atoms. The van der Waals surface area contributed by atoms with Crippen LogP contribution in [0.5, 0.6) is 5.75 Å². The number of rotatable bonds is 5. The summed E-state index contributed by atoms with van der Waals surface area (Å²) in [7, 11) is 0. The van der Waals surface area contributed by atoms with Crippen molar-refractivity contribution in [3.05, 3.63) is 29.8 Å². The minimum atomic E-state index is -3.08. The number of amides is 1. The van der Waals surface area contributed by atoms with Crippen LogP contribution >= 0.6 is 0 Å². The van der Waals surface area contributed by atoms with Crippen molar-refractivity contribution in [2.45, 2.75) is 12.3 Å². The number of aromatic hydroxyl groups is 1. The van der Waals surface area contributed by atoms with Gasteiger partial charge < -0.3 is 16.2 Å². The van der Waals surface area contributed by atoms with Crippen molar-refractivity contribution in [3.63, 3.8) is 0 Å². The molecule has 0 aliphatic heterocycles. The van der Waals surface area contributed by atoms with Gasteiger partial charge in [-0.2, -0.15) is 0 Å². The van der Waals surface area contributed by atoms with E-state index in [1.165, 1.54) is 12.1 Å². The number of carbonyl (C=O) groups excluding carboxylic acids is 1. The normalized spacial score (nSPS) is 11.2. The van der Waals surface area contributed by atoms with Crippen molar-refractivity contribution < 1.29 is 18.7 Å². The van der Waals surface area contributed by atoms with Gasteiger partial charge in [0.25, 0.3) is 5.92 Å². The van der Waals surface area contributed by atoms with Crippen LogP contribution < -0.4 is 11.1 Å². The number of halogens is 2. The number of nitrogens with two attached hydrogens (primary N) is 1. The Kier molecular flexibility index (Phi) is 4.39. The summed E-state index contributed by atoms with van der Waals surface area (Å²) in [6.07, 6.45) is -0.0130. The first-order valence-electron chi connectivity index (χ1n) is 5.05. The molecule has 0 heterocycles. The van der Waals surface area contributed by atoms with E-state index in [0.29, 0.717) is 5.56 Å². The predicted molar refractivity (Wildman–Crippen MR) is 58.8 cm³/mol. The van der Waals surface area contributed by atoms with Crippen LogP contribution in [0.2, 0.25) is 0 Å². The molecule has 6 heteroatoms. The molecular formula is C11H14F2N2O2. The lowest BCUT2D eigenvalue weighted by atomic mass is 10.1. The van der Waals surface area contributed by atoms with Gasteiger partial charge in [-0.25, -0.2) is 8.78 Å². The van der Waals surface area contributed by atoms with Crippen LogP contribution in [-0.4, -0.2) is 30.0 Å². The van der Waals surface area contributed by atoms with E-state index >= 15 is 0 Å². The first-order valence-corrected chi connectivity index (χ1v) is 5.05. The first-order chi connectivity index (χ1) is 7.93. The van der Waals surface area contributed by atoms with Crippen LogP contribution in [0, 0.1) is 0 Å². The third-order valence-electron chi connectivity index (χ3n) is 2.14. The molecule has 1 aromatic rings. The first kappa shape index (κ1) is 13.4. The monoisotopic (exact) mass is 244 g/mol. The maximum Gasteiger partial charge on any atom is 0.277 e. The number of phenols is 1. The topological polar surface area (TPSA) is 75.3 Å². The highest BCUT2D eigenvalue weighted by molar-refractivity contribution is 5.78. The molecule has 94 valence electrons. The summed E-state index contributed by atoms with van der Waals surface area (Å²) in [5, 5.41) is 11.1. The van der Waals surface area contributed by atoms with Gasteiger partial charge in [0.2, 0.25) is 5.91 Å². The van der Waals surface area contributed by atoms with Gasteiger partial charge in [0.1, 0.15) is 5.75 Å². The van der Waals surface area contributed by atoms with Crippen molar-refractivity contribution in [2.75, 3.05) is 13.1 Å². The van der Waals surface area contributed by atoms with Crippen molar-refractivity contribution >= 4 is 5.91 Å². The molecule has 1 amide bonds. The van der Waals surface area contributed by atoms with Gasteiger partial charge in [-0.05, 0) is 17.7 Å². The maximum absolute atomic E-state index is 12.7. The molecule has 0 aromatic heterocycles. The Hall–Kier alpha value is -1.69. The van der Waals surface area contributed by atoms with Crippen molar-refractivity contribution in [1.29, 1.82) is 0 Å². The minimum Gasteiger partial charge on any atom is -0.508 e. The molecule has 0 fully saturated rings. The van der Waals surface area contributed by atoms with E-state index in [1.807, 2.05) is 0 Å². The van der Waals surface area contributed by atoms with Gasteiger partial charge >= 0.3 is 0 Å². The number of carbonyl (C=O) groups is 1. The van der Waals surface area contributed by atoms with E-state index in [1.54, 1.807) is 12.1 Å². The third kappa shape index (κ3) is 4.78. The summed E-state index contributed by atoms with van der Waals surface area (Å²) >= 11 is 0. The number of benzene rings is 1.